The lowest BCUT2D eigenvalue weighted by Crippen LogP contribution is -2.32. The van der Waals surface area contributed by atoms with Gasteiger partial charge in [0.05, 0.1) is 11.9 Å². The molecular weight excluding hydrogens is 235 g/mol. The first kappa shape index (κ1) is 14.7. The molecule has 92 valence electrons. The van der Waals surface area contributed by atoms with Crippen LogP contribution in [0.2, 0.25) is 0 Å². The van der Waals surface area contributed by atoms with Gasteiger partial charge in [-0.2, -0.15) is 13.2 Å². The van der Waals surface area contributed by atoms with Gasteiger partial charge in [0.15, 0.2) is 0 Å². The number of aliphatic hydroxyl groups excluding tert-OH is 1. The predicted molar refractivity (Wildman–Crippen MR) is 48.8 cm³/mol. The SMILES string of the molecule is CC(O)CNS(=O)(=O)CCCC(F)(F)F. The first-order valence-electron chi connectivity index (χ1n) is 4.34. The van der Waals surface area contributed by atoms with Gasteiger partial charge in [-0.3, -0.25) is 0 Å². The quantitative estimate of drug-likeness (QED) is 0.725. The van der Waals surface area contributed by atoms with Crippen molar-refractivity contribution in [2.75, 3.05) is 12.3 Å². The molecule has 0 rings (SSSR count). The number of alkyl halides is 3. The molecule has 0 fully saturated rings. The molecule has 0 aliphatic heterocycles. The van der Waals surface area contributed by atoms with Gasteiger partial charge in [0.25, 0.3) is 0 Å². The van der Waals surface area contributed by atoms with Crippen LogP contribution in [0.15, 0.2) is 0 Å². The van der Waals surface area contributed by atoms with Crippen LogP contribution in [0, 0.1) is 0 Å². The van der Waals surface area contributed by atoms with Crippen LogP contribution in [0.3, 0.4) is 0 Å². The topological polar surface area (TPSA) is 66.4 Å². The van der Waals surface area contributed by atoms with Crippen molar-refractivity contribution in [3.05, 3.63) is 0 Å². The summed E-state index contributed by atoms with van der Waals surface area (Å²) in [6, 6.07) is 0. The Hall–Kier alpha value is -0.340. The summed E-state index contributed by atoms with van der Waals surface area (Å²) in [6.45, 7) is 1.19. The van der Waals surface area contributed by atoms with Crippen LogP contribution in [-0.4, -0.2) is 38.1 Å². The highest BCUT2D eigenvalue weighted by atomic mass is 32.2. The second-order valence-electron chi connectivity index (χ2n) is 3.24. The van der Waals surface area contributed by atoms with Crippen molar-refractivity contribution in [2.45, 2.75) is 32.0 Å². The van der Waals surface area contributed by atoms with Gasteiger partial charge < -0.3 is 5.11 Å². The summed E-state index contributed by atoms with van der Waals surface area (Å²) in [4.78, 5) is 0. The first-order valence-corrected chi connectivity index (χ1v) is 6.00. The number of halogens is 3. The Morgan fingerprint density at radius 3 is 2.33 bits per heavy atom. The molecule has 15 heavy (non-hydrogen) atoms. The highest BCUT2D eigenvalue weighted by molar-refractivity contribution is 7.89. The first-order chi connectivity index (χ1) is 6.62. The summed E-state index contributed by atoms with van der Waals surface area (Å²) in [6.07, 6.45) is -6.79. The Labute approximate surface area is 86.5 Å². The Kier molecular flexibility index (Phi) is 5.54. The van der Waals surface area contributed by atoms with E-state index >= 15 is 0 Å². The molecule has 0 aliphatic carbocycles. The second kappa shape index (κ2) is 5.66. The average molecular weight is 249 g/mol. The fraction of sp³-hybridized carbons (Fsp3) is 1.00. The molecule has 0 saturated heterocycles. The van der Waals surface area contributed by atoms with Gasteiger partial charge in [0.1, 0.15) is 0 Å². The average Bonchev–Trinajstić information content (AvgIpc) is 1.98. The Morgan fingerprint density at radius 2 is 1.93 bits per heavy atom. The molecule has 1 atom stereocenters. The summed E-state index contributed by atoms with van der Waals surface area (Å²) in [5.74, 6) is -0.584. The van der Waals surface area contributed by atoms with Gasteiger partial charge in [-0.05, 0) is 13.3 Å². The van der Waals surface area contributed by atoms with Crippen LogP contribution in [-0.2, 0) is 10.0 Å². The lowest BCUT2D eigenvalue weighted by atomic mass is 10.3. The van der Waals surface area contributed by atoms with E-state index < -0.39 is 40.9 Å². The molecule has 4 nitrogen and oxygen atoms in total. The molecule has 2 N–H and O–H groups in total. The van der Waals surface area contributed by atoms with Crippen molar-refractivity contribution in [1.82, 2.24) is 4.72 Å². The zero-order valence-electron chi connectivity index (χ0n) is 8.21. The van der Waals surface area contributed by atoms with Crippen molar-refractivity contribution in [3.63, 3.8) is 0 Å². The Bertz CT molecular complexity index is 274. The van der Waals surface area contributed by atoms with Crippen molar-refractivity contribution in [3.8, 4) is 0 Å². The van der Waals surface area contributed by atoms with E-state index in [1.54, 1.807) is 0 Å². The number of hydrogen-bond acceptors (Lipinski definition) is 3. The second-order valence-corrected chi connectivity index (χ2v) is 5.16. The Balaban J connectivity index is 3.85. The Morgan fingerprint density at radius 1 is 1.40 bits per heavy atom. The summed E-state index contributed by atoms with van der Waals surface area (Å²) in [5, 5.41) is 8.76. The van der Waals surface area contributed by atoms with Gasteiger partial charge in [-0.15, -0.1) is 0 Å². The molecule has 0 aromatic carbocycles. The van der Waals surface area contributed by atoms with Gasteiger partial charge in [-0.1, -0.05) is 0 Å². The van der Waals surface area contributed by atoms with Crippen molar-refractivity contribution < 1.29 is 26.7 Å². The number of sulfonamides is 1. The highest BCUT2D eigenvalue weighted by Gasteiger charge is 2.27. The fourth-order valence-electron chi connectivity index (χ4n) is 0.782. The van der Waals surface area contributed by atoms with E-state index in [-0.39, 0.29) is 6.54 Å². The van der Waals surface area contributed by atoms with E-state index in [1.807, 2.05) is 4.72 Å². The molecule has 0 heterocycles. The van der Waals surface area contributed by atoms with Crippen LogP contribution >= 0.6 is 0 Å². The standard InChI is InChI=1S/C7H14F3NO3S/c1-6(12)5-11-15(13,14)4-2-3-7(8,9)10/h6,11-12H,2-5H2,1H3. The van der Waals surface area contributed by atoms with Crippen LogP contribution in [0.25, 0.3) is 0 Å². The molecule has 0 aromatic rings. The van der Waals surface area contributed by atoms with Crippen molar-refractivity contribution >= 4 is 10.0 Å². The maximum Gasteiger partial charge on any atom is 0.389 e. The van der Waals surface area contributed by atoms with Crippen LogP contribution in [0.1, 0.15) is 19.8 Å². The van der Waals surface area contributed by atoms with E-state index in [0.717, 1.165) is 0 Å². The minimum absolute atomic E-state index is 0.186. The summed E-state index contributed by atoms with van der Waals surface area (Å²) >= 11 is 0. The fourth-order valence-corrected chi connectivity index (χ4v) is 1.95. The van der Waals surface area contributed by atoms with E-state index in [4.69, 9.17) is 5.11 Å². The zero-order valence-corrected chi connectivity index (χ0v) is 9.03. The summed E-state index contributed by atoms with van der Waals surface area (Å²) < 4.78 is 59.1. The van der Waals surface area contributed by atoms with E-state index in [1.165, 1.54) is 6.92 Å². The van der Waals surface area contributed by atoms with E-state index in [2.05, 4.69) is 0 Å². The lowest BCUT2D eigenvalue weighted by Gasteiger charge is -2.09. The van der Waals surface area contributed by atoms with Gasteiger partial charge >= 0.3 is 6.18 Å². The van der Waals surface area contributed by atoms with Crippen LogP contribution < -0.4 is 4.72 Å². The predicted octanol–water partition coefficient (Wildman–Crippen LogP) is 0.629. The summed E-state index contributed by atoms with van der Waals surface area (Å²) in [5.41, 5.74) is 0. The van der Waals surface area contributed by atoms with E-state index in [9.17, 15) is 21.6 Å². The van der Waals surface area contributed by atoms with Crippen LogP contribution in [0.5, 0.6) is 0 Å². The third-order valence-corrected chi connectivity index (χ3v) is 2.90. The maximum absolute atomic E-state index is 11.7. The molecule has 0 aromatic heterocycles. The minimum atomic E-state index is -4.33. The number of nitrogens with one attached hydrogen (secondary N) is 1. The third kappa shape index (κ3) is 9.95. The number of rotatable bonds is 6. The van der Waals surface area contributed by atoms with Crippen molar-refractivity contribution in [1.29, 1.82) is 0 Å². The van der Waals surface area contributed by atoms with Gasteiger partial charge in [-0.25, -0.2) is 13.1 Å². The molecule has 0 radical (unpaired) electrons. The highest BCUT2D eigenvalue weighted by Crippen LogP contribution is 2.21. The smallest absolute Gasteiger partial charge is 0.389 e. The monoisotopic (exact) mass is 249 g/mol. The molecular formula is C7H14F3NO3S. The normalized spacial score (nSPS) is 15.3. The van der Waals surface area contributed by atoms with Crippen molar-refractivity contribution in [2.24, 2.45) is 0 Å². The molecule has 0 bridgehead atoms. The molecule has 1 unspecified atom stereocenters. The summed E-state index contributed by atoms with van der Waals surface area (Å²) in [7, 11) is -3.71. The number of hydrogen-bond donors (Lipinski definition) is 2. The third-order valence-electron chi connectivity index (χ3n) is 1.47. The zero-order chi connectivity index (χ0) is 12.1. The van der Waals surface area contributed by atoms with Gasteiger partial charge in [0.2, 0.25) is 10.0 Å². The molecule has 8 heteroatoms. The number of aliphatic hydroxyl groups is 1. The lowest BCUT2D eigenvalue weighted by molar-refractivity contribution is -0.134. The molecule has 0 amide bonds. The molecule has 0 saturated carbocycles. The van der Waals surface area contributed by atoms with Crippen LogP contribution in [0.4, 0.5) is 13.2 Å². The maximum atomic E-state index is 11.7. The van der Waals surface area contributed by atoms with Gasteiger partial charge in [0, 0.05) is 13.0 Å². The molecule has 0 aliphatic rings. The largest absolute Gasteiger partial charge is 0.392 e. The minimum Gasteiger partial charge on any atom is -0.392 e. The van der Waals surface area contributed by atoms with E-state index in [0.29, 0.717) is 0 Å². The molecule has 0 spiro atoms.